The van der Waals surface area contributed by atoms with E-state index in [1.165, 1.54) is 11.1 Å². The van der Waals surface area contributed by atoms with Crippen LogP contribution in [-0.2, 0) is 6.54 Å². The van der Waals surface area contributed by atoms with Crippen LogP contribution >= 0.6 is 0 Å². The van der Waals surface area contributed by atoms with E-state index in [0.29, 0.717) is 0 Å². The number of hydrogen-bond donors (Lipinski definition) is 3. The minimum absolute atomic E-state index is 0.797. The van der Waals surface area contributed by atoms with Crippen molar-refractivity contribution in [1.82, 2.24) is 20.6 Å². The van der Waals surface area contributed by atoms with Crippen molar-refractivity contribution in [2.24, 2.45) is 0 Å². The van der Waals surface area contributed by atoms with E-state index >= 15 is 0 Å². The van der Waals surface area contributed by atoms with E-state index in [-0.39, 0.29) is 0 Å². The maximum Gasteiger partial charge on any atom is 0.137 e. The molecule has 0 aliphatic carbocycles. The van der Waals surface area contributed by atoms with Crippen LogP contribution in [0.15, 0.2) is 85.9 Å². The average molecular weight is 395 g/mol. The lowest BCUT2D eigenvalue weighted by Gasteiger charge is -2.11. The monoisotopic (exact) mass is 394 g/mol. The number of nitrogens with zero attached hydrogens (tertiary/aromatic N) is 1. The van der Waals surface area contributed by atoms with Crippen molar-refractivity contribution >= 4 is 22.4 Å². The van der Waals surface area contributed by atoms with Gasteiger partial charge in [0.2, 0.25) is 0 Å². The van der Waals surface area contributed by atoms with Crippen LogP contribution in [0.25, 0.3) is 33.6 Å². The highest BCUT2D eigenvalue weighted by Gasteiger charge is 2.16. The fourth-order valence-corrected chi connectivity index (χ4v) is 3.59. The molecule has 1 aliphatic rings. The van der Waals surface area contributed by atoms with Crippen molar-refractivity contribution in [2.75, 3.05) is 0 Å². The molecular weight excluding hydrogens is 368 g/mol. The number of pyridine rings is 1. The smallest absolute Gasteiger partial charge is 0.137 e. The van der Waals surface area contributed by atoms with Gasteiger partial charge in [0, 0.05) is 58.1 Å². The molecule has 4 heteroatoms. The highest BCUT2D eigenvalue weighted by Crippen LogP contribution is 2.33. The molecule has 3 aromatic rings. The summed E-state index contributed by atoms with van der Waals surface area (Å²) < 4.78 is 0. The Hall–Kier alpha value is -3.79. The molecule has 4 nitrogen and oxygen atoms in total. The van der Waals surface area contributed by atoms with Crippen LogP contribution in [0.3, 0.4) is 0 Å². The van der Waals surface area contributed by atoms with Gasteiger partial charge < -0.3 is 15.6 Å². The van der Waals surface area contributed by atoms with E-state index in [2.05, 4.69) is 64.6 Å². The number of benzene rings is 1. The van der Waals surface area contributed by atoms with Crippen molar-refractivity contribution in [3.05, 3.63) is 103 Å². The maximum atomic E-state index is 4.61. The van der Waals surface area contributed by atoms with Crippen molar-refractivity contribution in [1.29, 1.82) is 0 Å². The number of rotatable bonds is 6. The summed E-state index contributed by atoms with van der Waals surface area (Å²) in [4.78, 5) is 7.89. The van der Waals surface area contributed by atoms with Gasteiger partial charge in [-0.2, -0.15) is 0 Å². The van der Waals surface area contributed by atoms with E-state index in [1.807, 2.05) is 44.5 Å². The number of fused-ring (bicyclic) bond motifs is 2. The van der Waals surface area contributed by atoms with E-state index in [1.54, 1.807) is 0 Å². The summed E-state index contributed by atoms with van der Waals surface area (Å²) in [7, 11) is 0. The number of nitrogens with one attached hydrogen (secondary N) is 3. The Morgan fingerprint density at radius 1 is 1.17 bits per heavy atom. The molecule has 0 radical (unpaired) electrons. The second-order valence-corrected chi connectivity index (χ2v) is 7.55. The van der Waals surface area contributed by atoms with Crippen LogP contribution in [0.4, 0.5) is 0 Å². The highest BCUT2D eigenvalue weighted by molar-refractivity contribution is 5.95. The molecule has 3 N–H and O–H groups in total. The number of H-pyrrole nitrogens is 1. The topological polar surface area (TPSA) is 52.7 Å². The Labute approximate surface area is 177 Å². The van der Waals surface area contributed by atoms with Gasteiger partial charge in [0.15, 0.2) is 0 Å². The Balaban J connectivity index is 1.66. The van der Waals surface area contributed by atoms with Gasteiger partial charge in [-0.25, -0.2) is 4.98 Å². The van der Waals surface area contributed by atoms with Crippen molar-refractivity contribution < 1.29 is 0 Å². The average Bonchev–Trinajstić information content (AvgIpc) is 3.33. The molecule has 0 bridgehead atoms. The second-order valence-electron chi connectivity index (χ2n) is 7.55. The van der Waals surface area contributed by atoms with Crippen molar-refractivity contribution in [2.45, 2.75) is 20.4 Å². The number of hydrogen-bond acceptors (Lipinski definition) is 3. The minimum atomic E-state index is 0.797. The quantitative estimate of drug-likeness (QED) is 0.456. The fourth-order valence-electron chi connectivity index (χ4n) is 3.59. The van der Waals surface area contributed by atoms with Crippen LogP contribution < -0.4 is 10.6 Å². The Morgan fingerprint density at radius 2 is 2.00 bits per heavy atom. The van der Waals surface area contributed by atoms with Gasteiger partial charge in [-0.15, -0.1) is 0 Å². The number of aromatic amines is 1. The number of allylic oxidation sites excluding steroid dienone is 4. The van der Waals surface area contributed by atoms with E-state index in [4.69, 9.17) is 0 Å². The first kappa shape index (κ1) is 19.5. The highest BCUT2D eigenvalue weighted by atomic mass is 14.9. The first-order valence-corrected chi connectivity index (χ1v) is 9.96. The molecule has 150 valence electrons. The van der Waals surface area contributed by atoms with E-state index in [9.17, 15) is 0 Å². The summed E-state index contributed by atoms with van der Waals surface area (Å²) in [6.07, 6.45) is 9.82. The third-order valence-corrected chi connectivity index (χ3v) is 5.27. The SMILES string of the molecule is C=C(C)/C=C\C(=CC)NC(=C)c1cnc2[nH]cc(-c3ccc4c(c3)CNC4=C)c2c1. The third kappa shape index (κ3) is 3.72. The minimum Gasteiger partial charge on any atom is -0.381 e. The van der Waals surface area contributed by atoms with Gasteiger partial charge in [0.1, 0.15) is 5.65 Å². The molecule has 3 heterocycles. The van der Waals surface area contributed by atoms with Gasteiger partial charge in [0.25, 0.3) is 0 Å². The molecular formula is C26H26N4. The fraction of sp³-hybridized carbons (Fsp3) is 0.115. The predicted molar refractivity (Wildman–Crippen MR) is 127 cm³/mol. The zero-order chi connectivity index (χ0) is 21.3. The zero-order valence-electron chi connectivity index (χ0n) is 17.5. The van der Waals surface area contributed by atoms with Crippen molar-refractivity contribution in [3.8, 4) is 11.1 Å². The van der Waals surface area contributed by atoms with Crippen LogP contribution in [0.2, 0.25) is 0 Å². The molecule has 0 saturated carbocycles. The summed E-state index contributed by atoms with van der Waals surface area (Å²) in [5, 5.41) is 7.74. The normalized spacial score (nSPS) is 13.5. The molecule has 1 aromatic carbocycles. The molecule has 0 saturated heterocycles. The van der Waals surface area contributed by atoms with Crippen LogP contribution in [0.5, 0.6) is 0 Å². The Bertz CT molecular complexity index is 1240. The van der Waals surface area contributed by atoms with E-state index in [0.717, 1.165) is 56.9 Å². The van der Waals surface area contributed by atoms with Crippen LogP contribution in [0.1, 0.15) is 30.5 Å². The van der Waals surface area contributed by atoms with Crippen molar-refractivity contribution in [3.63, 3.8) is 0 Å². The van der Waals surface area contributed by atoms with Crippen LogP contribution in [-0.4, -0.2) is 9.97 Å². The summed E-state index contributed by atoms with van der Waals surface area (Å²) in [6, 6.07) is 8.63. The van der Waals surface area contributed by atoms with Gasteiger partial charge in [0.05, 0.1) is 0 Å². The molecule has 0 spiro atoms. The molecule has 0 fully saturated rings. The molecule has 0 atom stereocenters. The first-order valence-electron chi connectivity index (χ1n) is 9.96. The van der Waals surface area contributed by atoms with Crippen LogP contribution in [0, 0.1) is 0 Å². The molecule has 30 heavy (non-hydrogen) atoms. The second kappa shape index (κ2) is 7.91. The standard InChI is InChI=1S/C26H26N4/c1-6-22(9-7-16(2)3)30-17(4)20-12-24-25(15-29-26(24)28-13-20)19-8-10-23-18(5)27-14-21(23)11-19/h6-13,15,27,30H,2,4-5,14H2,1,3H3,(H,28,29)/b9-7-,22-6?. The summed E-state index contributed by atoms with van der Waals surface area (Å²) >= 11 is 0. The van der Waals surface area contributed by atoms with Gasteiger partial charge in [-0.05, 0) is 43.2 Å². The molecule has 2 aromatic heterocycles. The maximum absolute atomic E-state index is 4.61. The summed E-state index contributed by atoms with van der Waals surface area (Å²) in [5.41, 5.74) is 10.3. The van der Waals surface area contributed by atoms with Gasteiger partial charge >= 0.3 is 0 Å². The lowest BCUT2D eigenvalue weighted by Crippen LogP contribution is -2.09. The predicted octanol–water partition coefficient (Wildman–Crippen LogP) is 5.90. The lowest BCUT2D eigenvalue weighted by atomic mass is 9.99. The summed E-state index contributed by atoms with van der Waals surface area (Å²) in [5.74, 6) is 0. The molecule has 1 aliphatic heterocycles. The Morgan fingerprint density at radius 3 is 2.77 bits per heavy atom. The molecule has 0 amide bonds. The Kier molecular flexibility index (Phi) is 5.15. The largest absolute Gasteiger partial charge is 0.381 e. The van der Waals surface area contributed by atoms with E-state index < -0.39 is 0 Å². The van der Waals surface area contributed by atoms with Gasteiger partial charge in [-0.1, -0.05) is 49.6 Å². The summed E-state index contributed by atoms with van der Waals surface area (Å²) in [6.45, 7) is 17.0. The first-order chi connectivity index (χ1) is 14.5. The van der Waals surface area contributed by atoms with Gasteiger partial charge in [-0.3, -0.25) is 0 Å². The zero-order valence-corrected chi connectivity index (χ0v) is 17.5. The molecule has 0 unspecified atom stereocenters. The lowest BCUT2D eigenvalue weighted by molar-refractivity contribution is 0.946. The third-order valence-electron chi connectivity index (χ3n) is 5.27. The molecule has 4 rings (SSSR count). The number of aromatic nitrogens is 2.